The summed E-state index contributed by atoms with van der Waals surface area (Å²) in [6.45, 7) is 6.49. The van der Waals surface area contributed by atoms with Crippen LogP contribution in [-0.4, -0.2) is 24.1 Å². The van der Waals surface area contributed by atoms with Crippen molar-refractivity contribution in [3.05, 3.63) is 38.4 Å². The third kappa shape index (κ3) is 3.38. The van der Waals surface area contributed by atoms with Crippen LogP contribution < -0.4 is 5.32 Å². The Bertz CT molecular complexity index is 762. The topological polar surface area (TPSA) is 64.6 Å². The van der Waals surface area contributed by atoms with E-state index in [0.29, 0.717) is 35.1 Å². The van der Waals surface area contributed by atoms with Crippen LogP contribution in [0.15, 0.2) is 17.5 Å². The van der Waals surface area contributed by atoms with E-state index in [0.717, 1.165) is 10.4 Å². The Kier molecular flexibility index (Phi) is 4.76. The maximum Gasteiger partial charge on any atom is 0.341 e. The molecule has 0 spiro atoms. The second-order valence-electron chi connectivity index (χ2n) is 6.08. The average molecular weight is 365 g/mol. The molecule has 0 radical (unpaired) electrons. The van der Waals surface area contributed by atoms with Gasteiger partial charge in [0.15, 0.2) is 0 Å². The fourth-order valence-corrected chi connectivity index (χ4v) is 4.37. The number of ether oxygens (including phenoxy) is 2. The van der Waals surface area contributed by atoms with Gasteiger partial charge in [0.1, 0.15) is 5.00 Å². The van der Waals surface area contributed by atoms with Gasteiger partial charge in [-0.05, 0) is 37.8 Å². The first-order chi connectivity index (χ1) is 11.4. The Morgan fingerprint density at radius 3 is 2.88 bits per heavy atom. The molecule has 5 nitrogen and oxygen atoms in total. The predicted molar refractivity (Wildman–Crippen MR) is 95.1 cm³/mol. The van der Waals surface area contributed by atoms with Crippen LogP contribution in [-0.2, 0) is 22.5 Å². The van der Waals surface area contributed by atoms with Gasteiger partial charge in [-0.25, -0.2) is 4.79 Å². The monoisotopic (exact) mass is 365 g/mol. The summed E-state index contributed by atoms with van der Waals surface area (Å²) in [6.07, 6.45) is 0.613. The SMILES string of the molecule is CCOC(=O)c1c(NC(=O)c2cccs2)sc2c1CC(C)(C)OC2. The van der Waals surface area contributed by atoms with E-state index >= 15 is 0 Å². The molecule has 0 atom stereocenters. The molecule has 0 fully saturated rings. The van der Waals surface area contributed by atoms with Gasteiger partial charge in [0, 0.05) is 11.3 Å². The number of nitrogens with one attached hydrogen (secondary N) is 1. The lowest BCUT2D eigenvalue weighted by Crippen LogP contribution is -2.32. The van der Waals surface area contributed by atoms with Gasteiger partial charge in [-0.15, -0.1) is 22.7 Å². The lowest BCUT2D eigenvalue weighted by Gasteiger charge is -2.30. The largest absolute Gasteiger partial charge is 0.462 e. The van der Waals surface area contributed by atoms with Crippen molar-refractivity contribution in [3.8, 4) is 0 Å². The smallest absolute Gasteiger partial charge is 0.341 e. The van der Waals surface area contributed by atoms with E-state index < -0.39 is 5.97 Å². The van der Waals surface area contributed by atoms with Crippen LogP contribution in [0.2, 0.25) is 0 Å². The first-order valence-corrected chi connectivity index (χ1v) is 9.41. The maximum atomic E-state index is 12.5. The van der Waals surface area contributed by atoms with Gasteiger partial charge in [0.25, 0.3) is 5.91 Å². The normalized spacial score (nSPS) is 15.6. The van der Waals surface area contributed by atoms with Crippen LogP contribution in [0.3, 0.4) is 0 Å². The molecule has 1 aliphatic heterocycles. The van der Waals surface area contributed by atoms with Crippen molar-refractivity contribution >= 4 is 39.6 Å². The van der Waals surface area contributed by atoms with Crippen LogP contribution in [0.1, 0.15) is 51.2 Å². The van der Waals surface area contributed by atoms with E-state index in [2.05, 4.69) is 5.32 Å². The molecule has 0 bridgehead atoms. The highest BCUT2D eigenvalue weighted by Crippen LogP contribution is 2.41. The van der Waals surface area contributed by atoms with Crippen LogP contribution in [0.4, 0.5) is 5.00 Å². The van der Waals surface area contributed by atoms with Crippen LogP contribution in [0, 0.1) is 0 Å². The Balaban J connectivity index is 1.98. The van der Waals surface area contributed by atoms with Gasteiger partial charge in [0.2, 0.25) is 0 Å². The van der Waals surface area contributed by atoms with Crippen molar-refractivity contribution in [2.24, 2.45) is 0 Å². The fraction of sp³-hybridized carbons (Fsp3) is 0.412. The van der Waals surface area contributed by atoms with Gasteiger partial charge >= 0.3 is 5.97 Å². The molecule has 1 amide bonds. The molecule has 1 aliphatic rings. The molecule has 7 heteroatoms. The summed E-state index contributed by atoms with van der Waals surface area (Å²) in [7, 11) is 0. The first-order valence-electron chi connectivity index (χ1n) is 7.72. The zero-order chi connectivity index (χ0) is 17.3. The number of amides is 1. The first kappa shape index (κ1) is 17.1. The molecular weight excluding hydrogens is 346 g/mol. The molecule has 0 saturated carbocycles. The number of rotatable bonds is 4. The molecule has 0 unspecified atom stereocenters. The van der Waals surface area contributed by atoms with Gasteiger partial charge in [0.05, 0.1) is 29.3 Å². The quantitative estimate of drug-likeness (QED) is 0.829. The van der Waals surface area contributed by atoms with Gasteiger partial charge < -0.3 is 14.8 Å². The molecule has 0 aromatic carbocycles. The maximum absolute atomic E-state index is 12.5. The number of fused-ring (bicyclic) bond motifs is 1. The van der Waals surface area contributed by atoms with E-state index in [1.54, 1.807) is 13.0 Å². The second kappa shape index (κ2) is 6.66. The van der Waals surface area contributed by atoms with E-state index in [4.69, 9.17) is 9.47 Å². The predicted octanol–water partition coefficient (Wildman–Crippen LogP) is 4.09. The Labute approximate surface area is 148 Å². The lowest BCUT2D eigenvalue weighted by molar-refractivity contribution is -0.0384. The third-order valence-corrected chi connectivity index (χ3v) is 5.73. The summed E-state index contributed by atoms with van der Waals surface area (Å²) < 4.78 is 11.0. The molecule has 128 valence electrons. The molecule has 1 N–H and O–H groups in total. The zero-order valence-electron chi connectivity index (χ0n) is 13.8. The van der Waals surface area contributed by atoms with Crippen molar-refractivity contribution in [1.29, 1.82) is 0 Å². The standard InChI is InChI=1S/C17H19NO4S2/c1-4-21-16(20)13-10-8-17(2,3)22-9-12(10)24-15(13)18-14(19)11-6-5-7-23-11/h5-7H,4,8-9H2,1-3H3,(H,18,19). The summed E-state index contributed by atoms with van der Waals surface area (Å²) in [5.74, 6) is -0.608. The van der Waals surface area contributed by atoms with Crippen molar-refractivity contribution < 1.29 is 19.1 Å². The Morgan fingerprint density at radius 1 is 1.42 bits per heavy atom. The molecule has 3 heterocycles. The summed E-state index contributed by atoms with van der Waals surface area (Å²) >= 11 is 2.75. The minimum atomic E-state index is -0.394. The van der Waals surface area contributed by atoms with Gasteiger partial charge in [-0.1, -0.05) is 6.07 Å². The Hall–Kier alpha value is -1.70. The van der Waals surface area contributed by atoms with E-state index in [1.807, 2.05) is 25.3 Å². The van der Waals surface area contributed by atoms with Crippen LogP contribution in [0.25, 0.3) is 0 Å². The lowest BCUT2D eigenvalue weighted by atomic mass is 9.93. The van der Waals surface area contributed by atoms with E-state index in [-0.39, 0.29) is 11.5 Å². The molecule has 2 aromatic heterocycles. The van der Waals surface area contributed by atoms with E-state index in [9.17, 15) is 9.59 Å². The second-order valence-corrected chi connectivity index (χ2v) is 8.14. The van der Waals surface area contributed by atoms with Crippen molar-refractivity contribution in [2.75, 3.05) is 11.9 Å². The number of hydrogen-bond donors (Lipinski definition) is 1. The summed E-state index contributed by atoms with van der Waals surface area (Å²) in [5.41, 5.74) is 1.05. The van der Waals surface area contributed by atoms with E-state index in [1.165, 1.54) is 22.7 Å². The average Bonchev–Trinajstić information content (AvgIpc) is 3.13. The third-order valence-electron chi connectivity index (χ3n) is 3.74. The minimum Gasteiger partial charge on any atom is -0.462 e. The summed E-state index contributed by atoms with van der Waals surface area (Å²) in [5, 5.41) is 5.25. The molecule has 2 aromatic rings. The van der Waals surface area contributed by atoms with Crippen molar-refractivity contribution in [3.63, 3.8) is 0 Å². The van der Waals surface area contributed by atoms with Crippen molar-refractivity contribution in [2.45, 2.75) is 39.4 Å². The summed E-state index contributed by atoms with van der Waals surface area (Å²) in [4.78, 5) is 26.4. The zero-order valence-corrected chi connectivity index (χ0v) is 15.4. The van der Waals surface area contributed by atoms with Gasteiger partial charge in [-0.2, -0.15) is 0 Å². The number of carbonyl (C=O) groups is 2. The number of thiophene rings is 2. The molecule has 0 saturated heterocycles. The summed E-state index contributed by atoms with van der Waals surface area (Å²) in [6, 6.07) is 3.57. The molecule has 24 heavy (non-hydrogen) atoms. The number of hydrogen-bond acceptors (Lipinski definition) is 6. The number of esters is 1. The molecule has 0 aliphatic carbocycles. The van der Waals surface area contributed by atoms with Crippen LogP contribution >= 0.6 is 22.7 Å². The highest BCUT2D eigenvalue weighted by Gasteiger charge is 2.34. The Morgan fingerprint density at radius 2 is 2.21 bits per heavy atom. The van der Waals surface area contributed by atoms with Crippen LogP contribution in [0.5, 0.6) is 0 Å². The molecule has 3 rings (SSSR count). The van der Waals surface area contributed by atoms with Crippen molar-refractivity contribution in [1.82, 2.24) is 0 Å². The fourth-order valence-electron chi connectivity index (χ4n) is 2.63. The highest BCUT2D eigenvalue weighted by molar-refractivity contribution is 7.17. The minimum absolute atomic E-state index is 0.214. The number of carbonyl (C=O) groups excluding carboxylic acids is 2. The molecular formula is C17H19NO4S2. The number of anilines is 1. The highest BCUT2D eigenvalue weighted by atomic mass is 32.1. The van der Waals surface area contributed by atoms with Gasteiger partial charge in [-0.3, -0.25) is 4.79 Å².